The Morgan fingerprint density at radius 3 is 1.91 bits per heavy atom. The fraction of sp³-hybridized carbons (Fsp3) is 0.314. The number of aromatic nitrogens is 4. The second-order valence-corrected chi connectivity index (χ2v) is 11.1. The van der Waals surface area contributed by atoms with Gasteiger partial charge >= 0.3 is 35.0 Å². The summed E-state index contributed by atoms with van der Waals surface area (Å²) in [5.41, 5.74) is 15.1. The van der Waals surface area contributed by atoms with Crippen LogP contribution in [0.2, 0.25) is 0 Å². The van der Waals surface area contributed by atoms with Crippen molar-refractivity contribution in [2.75, 3.05) is 7.11 Å². The first-order valence-corrected chi connectivity index (χ1v) is 14.6. The molecule has 0 fully saturated rings. The van der Waals surface area contributed by atoms with Gasteiger partial charge in [-0.3, -0.25) is 9.59 Å². The Labute approximate surface area is 273 Å². The van der Waals surface area contributed by atoms with Gasteiger partial charge in [-0.25, -0.2) is 9.97 Å². The third-order valence-corrected chi connectivity index (χ3v) is 8.67. The van der Waals surface area contributed by atoms with Gasteiger partial charge in [0.2, 0.25) is 0 Å². The van der Waals surface area contributed by atoms with E-state index in [1.807, 2.05) is 32.1 Å². The van der Waals surface area contributed by atoms with E-state index in [4.69, 9.17) is 14.7 Å². The van der Waals surface area contributed by atoms with Crippen LogP contribution in [0, 0.1) is 13.8 Å². The van der Waals surface area contributed by atoms with Crippen molar-refractivity contribution in [3.63, 3.8) is 0 Å². The summed E-state index contributed by atoms with van der Waals surface area (Å²) in [4.78, 5) is 41.0. The summed E-state index contributed by atoms with van der Waals surface area (Å²) in [6.07, 6.45) is 3.73. The molecule has 3 aromatic rings. The number of aryl methyl sites for hydroxylation is 3. The number of esters is 1. The third-order valence-electron chi connectivity index (χ3n) is 8.67. The average Bonchev–Trinajstić information content (AvgIpc) is 3.63. The minimum Gasteiger partial charge on any atom is -0.481 e. The number of carboxylic acids is 1. The van der Waals surface area contributed by atoms with Crippen molar-refractivity contribution < 1.29 is 19.4 Å². The van der Waals surface area contributed by atoms with E-state index in [1.54, 1.807) is 0 Å². The standard InChI is InChI=1S/C35H38N4O4.Mg/c1-8-22-18(3)26-14-27-20(5)24(10-12-34(40)41)32(38-27)17-33-25(11-13-35(42)43-7)21(6)29(39-33)16-31-23(9-2)19(4)28(37-31)15-30(22)36-26;/h8,14-17,36-37H,1,9-13H2,2-7H3,(H,40,41);/q;+2. The molecule has 44 heavy (non-hydrogen) atoms. The predicted molar refractivity (Wildman–Crippen MR) is 179 cm³/mol. The van der Waals surface area contributed by atoms with Gasteiger partial charge in [0.25, 0.3) is 0 Å². The van der Waals surface area contributed by atoms with Crippen molar-refractivity contribution in [1.29, 1.82) is 0 Å². The Kier molecular flexibility index (Phi) is 10.0. The summed E-state index contributed by atoms with van der Waals surface area (Å²) in [6, 6.07) is 8.16. The van der Waals surface area contributed by atoms with Gasteiger partial charge in [-0.2, -0.15) is 0 Å². The van der Waals surface area contributed by atoms with Crippen molar-refractivity contribution in [2.45, 2.75) is 66.7 Å². The Balaban J connectivity index is 0.00000442. The van der Waals surface area contributed by atoms with Gasteiger partial charge in [-0.1, -0.05) is 19.6 Å². The number of nitrogens with zero attached hydrogens (tertiary/aromatic N) is 2. The number of fused-ring (bicyclic) bond motifs is 8. The van der Waals surface area contributed by atoms with Gasteiger partial charge in [0.05, 0.1) is 29.9 Å². The molecule has 222 valence electrons. The summed E-state index contributed by atoms with van der Waals surface area (Å²) in [6.45, 7) is 14.4. The predicted octanol–water partition coefficient (Wildman–Crippen LogP) is 7.44. The fourth-order valence-electron chi connectivity index (χ4n) is 6.09. The number of carbonyl (C=O) groups excluding carboxylic acids is 1. The van der Waals surface area contributed by atoms with E-state index in [0.29, 0.717) is 18.5 Å². The van der Waals surface area contributed by atoms with Crippen molar-refractivity contribution in [2.24, 2.45) is 0 Å². The van der Waals surface area contributed by atoms with Crippen LogP contribution in [0.15, 0.2) is 30.8 Å². The first-order chi connectivity index (χ1) is 20.6. The molecular formula is C35H38MgN4O4+2. The molecule has 0 unspecified atom stereocenters. The van der Waals surface area contributed by atoms with E-state index in [0.717, 1.165) is 79.0 Å². The maximum absolute atomic E-state index is 12.1. The molecule has 0 spiro atoms. The largest absolute Gasteiger partial charge is 2.00 e. The molecule has 0 amide bonds. The number of hydrogen-bond donors (Lipinski definition) is 3. The van der Waals surface area contributed by atoms with Crippen LogP contribution in [-0.2, 0) is 20.7 Å². The Morgan fingerprint density at radius 2 is 1.36 bits per heavy atom. The zero-order chi connectivity index (χ0) is 31.0. The van der Waals surface area contributed by atoms with Crippen molar-refractivity contribution in [3.05, 3.63) is 75.9 Å². The molecule has 0 saturated heterocycles. The van der Waals surface area contributed by atoms with Crippen molar-refractivity contribution >= 4 is 85.4 Å². The van der Waals surface area contributed by atoms with Gasteiger partial charge in [0.1, 0.15) is 0 Å². The van der Waals surface area contributed by atoms with E-state index in [-0.39, 0.29) is 41.9 Å². The second kappa shape index (κ2) is 13.4. The molecule has 3 aromatic heterocycles. The van der Waals surface area contributed by atoms with E-state index in [1.165, 1.54) is 18.2 Å². The molecule has 8 nitrogen and oxygen atoms in total. The normalized spacial score (nSPS) is 12.8. The number of methoxy groups -OCH3 is 1. The van der Waals surface area contributed by atoms with Crippen molar-refractivity contribution in [3.8, 4) is 0 Å². The summed E-state index contributed by atoms with van der Waals surface area (Å²) in [7, 11) is 1.39. The maximum Gasteiger partial charge on any atom is 2.00 e. The number of carbonyl (C=O) groups is 2. The number of ether oxygens (including phenoxy) is 1. The number of hydrogen-bond acceptors (Lipinski definition) is 5. The Hall–Kier alpha value is -3.95. The average molecular weight is 603 g/mol. The van der Waals surface area contributed by atoms with Gasteiger partial charge < -0.3 is 19.8 Å². The van der Waals surface area contributed by atoms with Crippen LogP contribution >= 0.6 is 0 Å². The van der Waals surface area contributed by atoms with Crippen LogP contribution in [0.25, 0.3) is 50.4 Å². The molecule has 9 heteroatoms. The van der Waals surface area contributed by atoms with Crippen molar-refractivity contribution in [1.82, 2.24) is 19.9 Å². The number of carboxylic acid groups (broad SMARTS) is 1. The number of allylic oxidation sites excluding steroid dienone is 4. The van der Waals surface area contributed by atoms with Crippen LogP contribution < -0.4 is 0 Å². The summed E-state index contributed by atoms with van der Waals surface area (Å²) in [5, 5.41) is 9.49. The van der Waals surface area contributed by atoms with Gasteiger partial charge in [0, 0.05) is 40.5 Å². The molecular weight excluding hydrogens is 565 g/mol. The first kappa shape index (κ1) is 32.9. The monoisotopic (exact) mass is 602 g/mol. The zero-order valence-electron chi connectivity index (χ0n) is 26.4. The fourth-order valence-corrected chi connectivity index (χ4v) is 6.09. The molecule has 5 rings (SSSR count). The molecule has 2 aliphatic rings. The van der Waals surface area contributed by atoms with E-state index < -0.39 is 5.97 Å². The van der Waals surface area contributed by atoms with Crippen LogP contribution in [0.3, 0.4) is 0 Å². The Bertz CT molecular complexity index is 1910. The molecule has 5 heterocycles. The minimum absolute atomic E-state index is 0. The first-order valence-electron chi connectivity index (χ1n) is 14.6. The number of aromatic amines is 2. The molecule has 0 atom stereocenters. The van der Waals surface area contributed by atoms with Crippen LogP contribution in [0.4, 0.5) is 0 Å². The summed E-state index contributed by atoms with van der Waals surface area (Å²) >= 11 is 0. The zero-order valence-corrected chi connectivity index (χ0v) is 27.8. The van der Waals surface area contributed by atoms with Gasteiger partial charge in [0.15, 0.2) is 0 Å². The smallest absolute Gasteiger partial charge is 0.481 e. The van der Waals surface area contributed by atoms with Crippen LogP contribution in [0.5, 0.6) is 0 Å². The van der Waals surface area contributed by atoms with Gasteiger partial charge in [-0.15, -0.1) is 0 Å². The minimum atomic E-state index is -0.864. The van der Waals surface area contributed by atoms with E-state index in [2.05, 4.69) is 49.5 Å². The molecule has 8 bridgehead atoms. The maximum atomic E-state index is 12.1. The number of aliphatic carboxylic acids is 1. The van der Waals surface area contributed by atoms with E-state index in [9.17, 15) is 14.7 Å². The van der Waals surface area contributed by atoms with Gasteiger partial charge in [-0.05, 0) is 110 Å². The second-order valence-electron chi connectivity index (χ2n) is 11.1. The molecule has 0 radical (unpaired) electrons. The molecule has 0 aromatic carbocycles. The van der Waals surface area contributed by atoms with Crippen LogP contribution in [-0.4, -0.2) is 67.1 Å². The third kappa shape index (κ3) is 6.16. The molecule has 0 aliphatic carbocycles. The summed E-state index contributed by atoms with van der Waals surface area (Å²) in [5.74, 6) is -1.15. The SMILES string of the molecule is C=Cc1c(C)c2cc3nc(cc4nc(cc5[nH]c(cc1[nH]2)c(C)c5CC)C(C)=C4CCC(=O)OC)C(CCC(=O)O)=C3C.[Mg+2]. The topological polar surface area (TPSA) is 121 Å². The summed E-state index contributed by atoms with van der Waals surface area (Å²) < 4.78 is 4.93. The molecule has 0 saturated carbocycles. The molecule has 2 aliphatic heterocycles. The number of rotatable bonds is 8. The van der Waals surface area contributed by atoms with Crippen LogP contribution in [0.1, 0.15) is 91.5 Å². The Morgan fingerprint density at radius 1 is 0.818 bits per heavy atom. The number of nitrogens with one attached hydrogen (secondary N) is 2. The molecule has 3 N–H and O–H groups in total. The number of H-pyrrole nitrogens is 2. The quantitative estimate of drug-likeness (QED) is 0.182. The van der Waals surface area contributed by atoms with E-state index >= 15 is 0 Å².